The zero-order valence-corrected chi connectivity index (χ0v) is 8.13. The maximum atomic E-state index is 4.08. The molecule has 1 rings (SSSR count). The third-order valence-corrected chi connectivity index (χ3v) is 1.65. The van der Waals surface area contributed by atoms with Crippen LogP contribution in [0.25, 0.3) is 5.70 Å². The van der Waals surface area contributed by atoms with Gasteiger partial charge in [-0.25, -0.2) is 5.43 Å². The molecule has 0 saturated carbocycles. The first-order valence-corrected chi connectivity index (χ1v) is 4.07. The molecule has 0 fully saturated rings. The van der Waals surface area contributed by atoms with Gasteiger partial charge in [0.05, 0.1) is 11.9 Å². The Balaban J connectivity index is 2.77. The van der Waals surface area contributed by atoms with E-state index in [1.54, 1.807) is 10.9 Å². The van der Waals surface area contributed by atoms with Gasteiger partial charge in [0.15, 0.2) is 0 Å². The van der Waals surface area contributed by atoms with Crippen LogP contribution >= 0.6 is 0 Å². The molecule has 13 heavy (non-hydrogen) atoms. The second-order valence-corrected chi connectivity index (χ2v) is 2.61. The van der Waals surface area contributed by atoms with Crippen molar-refractivity contribution in [3.8, 4) is 0 Å². The van der Waals surface area contributed by atoms with Crippen molar-refractivity contribution in [1.82, 2.24) is 25.9 Å². The molecule has 1 aromatic heterocycles. The maximum Gasteiger partial charge on any atom is 0.0617 e. The molecule has 0 radical (unpaired) electrons. The van der Waals surface area contributed by atoms with E-state index >= 15 is 0 Å². The standard InChI is InChI=1S/C8H15N5/c1-9-8(5-11-10-2)7-4-12-13(3)6-7/h4-6,9-11H,1-3H3/b8-5-. The number of rotatable bonds is 4. The second-order valence-electron chi connectivity index (χ2n) is 2.61. The molecule has 0 bridgehead atoms. The van der Waals surface area contributed by atoms with E-state index in [1.165, 1.54) is 0 Å². The van der Waals surface area contributed by atoms with Gasteiger partial charge in [-0.2, -0.15) is 5.10 Å². The highest BCUT2D eigenvalue weighted by Gasteiger charge is 2.00. The zero-order chi connectivity index (χ0) is 9.68. The van der Waals surface area contributed by atoms with E-state index in [9.17, 15) is 0 Å². The zero-order valence-electron chi connectivity index (χ0n) is 8.13. The van der Waals surface area contributed by atoms with Crippen LogP contribution in [-0.2, 0) is 7.05 Å². The summed E-state index contributed by atoms with van der Waals surface area (Å²) in [5, 5.41) is 7.15. The highest BCUT2D eigenvalue weighted by Crippen LogP contribution is 2.07. The van der Waals surface area contributed by atoms with Crippen LogP contribution in [0, 0.1) is 0 Å². The first-order chi connectivity index (χ1) is 6.27. The fourth-order valence-corrected chi connectivity index (χ4v) is 1.00. The van der Waals surface area contributed by atoms with Crippen LogP contribution in [-0.4, -0.2) is 23.9 Å². The number of nitrogens with zero attached hydrogens (tertiary/aromatic N) is 2. The molecular formula is C8H15N5. The molecule has 5 heteroatoms. The first kappa shape index (κ1) is 9.60. The largest absolute Gasteiger partial charge is 0.386 e. The molecule has 0 aliphatic carbocycles. The highest BCUT2D eigenvalue weighted by atomic mass is 15.3. The number of aryl methyl sites for hydroxylation is 1. The number of hydrazine groups is 1. The van der Waals surface area contributed by atoms with Crippen LogP contribution in [0.15, 0.2) is 18.6 Å². The highest BCUT2D eigenvalue weighted by molar-refractivity contribution is 5.61. The van der Waals surface area contributed by atoms with Crippen molar-refractivity contribution in [2.75, 3.05) is 14.1 Å². The minimum absolute atomic E-state index is 0.988. The summed E-state index contributed by atoms with van der Waals surface area (Å²) in [5.41, 5.74) is 7.75. The van der Waals surface area contributed by atoms with Crippen molar-refractivity contribution >= 4 is 5.70 Å². The van der Waals surface area contributed by atoms with Gasteiger partial charge in [-0.05, 0) is 0 Å². The summed E-state index contributed by atoms with van der Waals surface area (Å²) in [6.45, 7) is 0. The summed E-state index contributed by atoms with van der Waals surface area (Å²) >= 11 is 0. The lowest BCUT2D eigenvalue weighted by molar-refractivity contribution is 0.729. The van der Waals surface area contributed by atoms with E-state index in [0.29, 0.717) is 0 Å². The minimum Gasteiger partial charge on any atom is -0.386 e. The molecule has 3 N–H and O–H groups in total. The fraction of sp³-hybridized carbons (Fsp3) is 0.375. The van der Waals surface area contributed by atoms with Gasteiger partial charge >= 0.3 is 0 Å². The summed E-state index contributed by atoms with van der Waals surface area (Å²) < 4.78 is 1.76. The molecular weight excluding hydrogens is 166 g/mol. The van der Waals surface area contributed by atoms with E-state index in [-0.39, 0.29) is 0 Å². The summed E-state index contributed by atoms with van der Waals surface area (Å²) in [5.74, 6) is 0. The predicted octanol–water partition coefficient (Wildman–Crippen LogP) is -0.338. The molecule has 0 unspecified atom stereocenters. The Bertz CT molecular complexity index is 288. The summed E-state index contributed by atoms with van der Waals surface area (Å²) in [6.07, 6.45) is 5.59. The molecule has 1 aromatic rings. The molecule has 0 amide bonds. The summed E-state index contributed by atoms with van der Waals surface area (Å²) in [7, 11) is 5.57. The van der Waals surface area contributed by atoms with Crippen LogP contribution in [0.1, 0.15) is 5.56 Å². The van der Waals surface area contributed by atoms with Crippen LogP contribution < -0.4 is 16.2 Å². The first-order valence-electron chi connectivity index (χ1n) is 4.07. The van der Waals surface area contributed by atoms with Gasteiger partial charge in [-0.15, -0.1) is 0 Å². The Labute approximate surface area is 77.8 Å². The van der Waals surface area contributed by atoms with Crippen LogP contribution in [0.5, 0.6) is 0 Å². The van der Waals surface area contributed by atoms with Crippen molar-refractivity contribution in [2.24, 2.45) is 7.05 Å². The second kappa shape index (κ2) is 4.51. The van der Waals surface area contributed by atoms with Crippen molar-refractivity contribution in [1.29, 1.82) is 0 Å². The van der Waals surface area contributed by atoms with E-state index in [2.05, 4.69) is 21.3 Å². The molecule has 1 heterocycles. The molecule has 0 aliphatic rings. The molecule has 72 valence electrons. The van der Waals surface area contributed by atoms with E-state index in [1.807, 2.05) is 33.5 Å². The van der Waals surface area contributed by atoms with Crippen molar-refractivity contribution in [3.05, 3.63) is 24.2 Å². The summed E-state index contributed by atoms with van der Waals surface area (Å²) in [6, 6.07) is 0. The molecule has 0 aliphatic heterocycles. The van der Waals surface area contributed by atoms with Gasteiger partial charge in [0.1, 0.15) is 0 Å². The average molecular weight is 181 g/mol. The van der Waals surface area contributed by atoms with Gasteiger partial charge in [0, 0.05) is 39.1 Å². The van der Waals surface area contributed by atoms with Gasteiger partial charge in [0.25, 0.3) is 0 Å². The molecule has 0 aromatic carbocycles. The predicted molar refractivity (Wildman–Crippen MR) is 52.4 cm³/mol. The van der Waals surface area contributed by atoms with Gasteiger partial charge < -0.3 is 10.7 Å². The van der Waals surface area contributed by atoms with E-state index in [0.717, 1.165) is 11.3 Å². The average Bonchev–Trinajstić information content (AvgIpc) is 2.54. The van der Waals surface area contributed by atoms with Gasteiger partial charge in [0.2, 0.25) is 0 Å². The Kier molecular flexibility index (Phi) is 3.33. The number of aromatic nitrogens is 2. The molecule has 5 nitrogen and oxygen atoms in total. The number of nitrogens with one attached hydrogen (secondary N) is 3. The maximum absolute atomic E-state index is 4.08. The van der Waals surface area contributed by atoms with Crippen LogP contribution in [0.2, 0.25) is 0 Å². The molecule has 0 spiro atoms. The Morgan fingerprint density at radius 2 is 2.31 bits per heavy atom. The van der Waals surface area contributed by atoms with Crippen molar-refractivity contribution in [3.63, 3.8) is 0 Å². The quantitative estimate of drug-likeness (QED) is 0.556. The van der Waals surface area contributed by atoms with E-state index in [4.69, 9.17) is 0 Å². The lowest BCUT2D eigenvalue weighted by atomic mass is 10.3. The third kappa shape index (κ3) is 2.48. The third-order valence-electron chi connectivity index (χ3n) is 1.65. The van der Waals surface area contributed by atoms with E-state index < -0.39 is 0 Å². The van der Waals surface area contributed by atoms with Gasteiger partial charge in [-0.1, -0.05) is 0 Å². The SMILES string of the molecule is CNN/C=C(\NC)c1cnn(C)c1. The Morgan fingerprint density at radius 1 is 1.54 bits per heavy atom. The monoisotopic (exact) mass is 181 g/mol. The van der Waals surface area contributed by atoms with Crippen molar-refractivity contribution in [2.45, 2.75) is 0 Å². The Morgan fingerprint density at radius 3 is 2.77 bits per heavy atom. The van der Waals surface area contributed by atoms with Gasteiger partial charge in [-0.3, -0.25) is 4.68 Å². The fourth-order valence-electron chi connectivity index (χ4n) is 1.00. The van der Waals surface area contributed by atoms with Crippen LogP contribution in [0.4, 0.5) is 0 Å². The smallest absolute Gasteiger partial charge is 0.0617 e. The lowest BCUT2D eigenvalue weighted by Gasteiger charge is -2.04. The molecule has 0 atom stereocenters. The normalized spacial score (nSPS) is 11.5. The van der Waals surface area contributed by atoms with Crippen molar-refractivity contribution < 1.29 is 0 Å². The minimum atomic E-state index is 0.988. The number of hydrogen-bond acceptors (Lipinski definition) is 4. The topological polar surface area (TPSA) is 53.9 Å². The molecule has 0 saturated heterocycles. The lowest BCUT2D eigenvalue weighted by Crippen LogP contribution is -2.23. The number of hydrogen-bond donors (Lipinski definition) is 3. The summed E-state index contributed by atoms with van der Waals surface area (Å²) in [4.78, 5) is 0. The Hall–Kier alpha value is -1.49. The van der Waals surface area contributed by atoms with Crippen LogP contribution in [0.3, 0.4) is 0 Å².